The molecule has 0 spiro atoms. The van der Waals surface area contributed by atoms with Crippen LogP contribution in [0.2, 0.25) is 0 Å². The van der Waals surface area contributed by atoms with Gasteiger partial charge in [-0.2, -0.15) is 0 Å². The van der Waals surface area contributed by atoms with E-state index in [0.717, 1.165) is 5.69 Å². The minimum atomic E-state index is -0.134. The second-order valence-electron chi connectivity index (χ2n) is 5.38. The van der Waals surface area contributed by atoms with E-state index in [1.807, 2.05) is 12.3 Å². The van der Waals surface area contributed by atoms with Crippen LogP contribution in [0.1, 0.15) is 34.6 Å². The van der Waals surface area contributed by atoms with Crippen LogP contribution in [0.25, 0.3) is 0 Å². The van der Waals surface area contributed by atoms with Gasteiger partial charge in [0.2, 0.25) is 5.91 Å². The molecule has 0 radical (unpaired) electrons. The van der Waals surface area contributed by atoms with Gasteiger partial charge in [0.05, 0.1) is 30.2 Å². The summed E-state index contributed by atoms with van der Waals surface area (Å²) < 4.78 is 5.27. The van der Waals surface area contributed by atoms with E-state index in [2.05, 4.69) is 15.3 Å². The normalized spacial score (nSPS) is 24.4. The number of hydrogen-bond acceptors (Lipinski definition) is 7. The highest BCUT2D eigenvalue weighted by atomic mass is 32.2. The third kappa shape index (κ3) is 3.73. The van der Waals surface area contributed by atoms with E-state index in [-0.39, 0.29) is 23.1 Å². The summed E-state index contributed by atoms with van der Waals surface area (Å²) in [6.45, 7) is 5.81. The minimum Gasteiger partial charge on any atom is -0.378 e. The first-order valence-electron chi connectivity index (χ1n) is 7.39. The number of hydrogen-bond donors (Lipinski definition) is 1. The molecule has 23 heavy (non-hydrogen) atoms. The van der Waals surface area contributed by atoms with Gasteiger partial charge in [0.25, 0.3) is 5.91 Å². The van der Waals surface area contributed by atoms with Gasteiger partial charge in [-0.25, -0.2) is 4.98 Å². The topological polar surface area (TPSA) is 83.9 Å². The van der Waals surface area contributed by atoms with Crippen molar-refractivity contribution in [2.24, 2.45) is 4.99 Å². The van der Waals surface area contributed by atoms with Crippen molar-refractivity contribution in [3.63, 3.8) is 0 Å². The standard InChI is InChI=1S/C14H18N4O3S2/c1-8-11(23-14(15-8)16-9(2)19)10-7-22-12(17-10)13(20)18-3-5-21-6-4-18/h7-8,11H,3-6H2,1-2H3,(H,15,16,19). The first-order chi connectivity index (χ1) is 11.0. The summed E-state index contributed by atoms with van der Waals surface area (Å²) >= 11 is 2.84. The number of nitrogens with zero attached hydrogens (tertiary/aromatic N) is 3. The molecule has 1 saturated heterocycles. The maximum atomic E-state index is 12.4. The van der Waals surface area contributed by atoms with Crippen molar-refractivity contribution in [2.45, 2.75) is 25.1 Å². The Morgan fingerprint density at radius 1 is 1.39 bits per heavy atom. The van der Waals surface area contributed by atoms with Crippen molar-refractivity contribution in [3.05, 3.63) is 16.1 Å². The van der Waals surface area contributed by atoms with Crippen LogP contribution in [0.4, 0.5) is 0 Å². The number of rotatable bonds is 2. The monoisotopic (exact) mass is 354 g/mol. The number of carbonyl (C=O) groups is 2. The summed E-state index contributed by atoms with van der Waals surface area (Å²) in [5.41, 5.74) is 0.841. The fraction of sp³-hybridized carbons (Fsp3) is 0.571. The molecule has 0 bridgehead atoms. The van der Waals surface area contributed by atoms with Gasteiger partial charge < -0.3 is 15.0 Å². The molecule has 2 aliphatic rings. The molecule has 3 heterocycles. The number of amidine groups is 1. The maximum Gasteiger partial charge on any atom is 0.282 e. The van der Waals surface area contributed by atoms with E-state index in [4.69, 9.17) is 4.74 Å². The number of aliphatic imine (C=N–C) groups is 1. The number of thiazole rings is 1. The molecule has 2 amide bonds. The molecule has 9 heteroatoms. The van der Waals surface area contributed by atoms with E-state index in [9.17, 15) is 9.59 Å². The number of nitrogens with one attached hydrogen (secondary N) is 1. The molecule has 0 aliphatic carbocycles. The summed E-state index contributed by atoms with van der Waals surface area (Å²) in [5.74, 6) is -0.172. The largest absolute Gasteiger partial charge is 0.378 e. The van der Waals surface area contributed by atoms with Crippen molar-refractivity contribution in [1.29, 1.82) is 0 Å². The predicted molar refractivity (Wildman–Crippen MR) is 89.9 cm³/mol. The summed E-state index contributed by atoms with van der Waals surface area (Å²) in [5, 5.41) is 5.77. The quantitative estimate of drug-likeness (QED) is 0.865. The van der Waals surface area contributed by atoms with Gasteiger partial charge in [-0.15, -0.1) is 11.3 Å². The van der Waals surface area contributed by atoms with E-state index in [0.29, 0.717) is 36.5 Å². The Hall–Kier alpha value is -1.45. The maximum absolute atomic E-state index is 12.4. The molecular weight excluding hydrogens is 336 g/mol. The van der Waals surface area contributed by atoms with E-state index >= 15 is 0 Å². The first-order valence-corrected chi connectivity index (χ1v) is 9.15. The highest BCUT2D eigenvalue weighted by Crippen LogP contribution is 2.39. The lowest BCUT2D eigenvalue weighted by molar-refractivity contribution is -0.117. The van der Waals surface area contributed by atoms with Gasteiger partial charge in [-0.1, -0.05) is 11.8 Å². The molecule has 1 fully saturated rings. The van der Waals surface area contributed by atoms with Crippen LogP contribution in [0.5, 0.6) is 0 Å². The number of morpholine rings is 1. The molecule has 124 valence electrons. The fourth-order valence-electron chi connectivity index (χ4n) is 2.44. The Kier molecular flexibility index (Phi) is 4.98. The fourth-order valence-corrected chi connectivity index (χ4v) is 4.51. The number of ether oxygens (including phenoxy) is 1. The van der Waals surface area contributed by atoms with Crippen molar-refractivity contribution in [2.75, 3.05) is 26.3 Å². The zero-order valence-corrected chi connectivity index (χ0v) is 14.6. The van der Waals surface area contributed by atoms with Crippen molar-refractivity contribution >= 4 is 40.1 Å². The number of amides is 2. The molecule has 0 saturated carbocycles. The lowest BCUT2D eigenvalue weighted by Gasteiger charge is -2.25. The number of carbonyl (C=O) groups excluding carboxylic acids is 2. The molecule has 2 aliphatic heterocycles. The molecule has 7 nitrogen and oxygen atoms in total. The van der Waals surface area contributed by atoms with Gasteiger partial charge >= 0.3 is 0 Å². The van der Waals surface area contributed by atoms with Crippen LogP contribution in [0, 0.1) is 0 Å². The molecule has 3 rings (SSSR count). The summed E-state index contributed by atoms with van der Waals surface area (Å²) in [6, 6.07) is 0.00953. The van der Waals surface area contributed by atoms with E-state index in [1.54, 1.807) is 4.90 Å². The Morgan fingerprint density at radius 3 is 2.83 bits per heavy atom. The van der Waals surface area contributed by atoms with Crippen LogP contribution >= 0.6 is 23.1 Å². The minimum absolute atomic E-state index is 0.00953. The lowest BCUT2D eigenvalue weighted by atomic mass is 10.2. The van der Waals surface area contributed by atoms with Gasteiger partial charge in [0, 0.05) is 25.4 Å². The number of aromatic nitrogens is 1. The average molecular weight is 354 g/mol. The van der Waals surface area contributed by atoms with Crippen LogP contribution in [0.3, 0.4) is 0 Å². The first kappa shape index (κ1) is 16.4. The van der Waals surface area contributed by atoms with Crippen LogP contribution < -0.4 is 5.32 Å². The Labute approximate surface area is 142 Å². The second-order valence-corrected chi connectivity index (χ2v) is 7.36. The molecule has 1 aromatic heterocycles. The molecular formula is C14H18N4O3S2. The third-order valence-electron chi connectivity index (χ3n) is 3.58. The lowest BCUT2D eigenvalue weighted by Crippen LogP contribution is -2.40. The number of thioether (sulfide) groups is 1. The van der Waals surface area contributed by atoms with Gasteiger partial charge in [0.1, 0.15) is 0 Å². The molecule has 1 N–H and O–H groups in total. The predicted octanol–water partition coefficient (Wildman–Crippen LogP) is 1.28. The average Bonchev–Trinajstić information content (AvgIpc) is 3.13. The summed E-state index contributed by atoms with van der Waals surface area (Å²) in [7, 11) is 0. The smallest absolute Gasteiger partial charge is 0.282 e. The van der Waals surface area contributed by atoms with Crippen molar-refractivity contribution in [3.8, 4) is 0 Å². The summed E-state index contributed by atoms with van der Waals surface area (Å²) in [4.78, 5) is 34.3. The second kappa shape index (κ2) is 6.98. The molecule has 1 aromatic rings. The third-order valence-corrected chi connectivity index (χ3v) is 5.74. The highest BCUT2D eigenvalue weighted by Gasteiger charge is 2.32. The molecule has 2 atom stereocenters. The van der Waals surface area contributed by atoms with Gasteiger partial charge in [-0.05, 0) is 6.92 Å². The summed E-state index contributed by atoms with van der Waals surface area (Å²) in [6.07, 6.45) is 0. The van der Waals surface area contributed by atoms with Crippen molar-refractivity contribution in [1.82, 2.24) is 15.2 Å². The van der Waals surface area contributed by atoms with Crippen molar-refractivity contribution < 1.29 is 14.3 Å². The Morgan fingerprint density at radius 2 is 2.13 bits per heavy atom. The molecule has 2 unspecified atom stereocenters. The van der Waals surface area contributed by atoms with E-state index < -0.39 is 0 Å². The van der Waals surface area contributed by atoms with Gasteiger partial charge in [-0.3, -0.25) is 14.6 Å². The Bertz CT molecular complexity index is 640. The van der Waals surface area contributed by atoms with Gasteiger partial charge in [0.15, 0.2) is 10.2 Å². The molecule has 0 aromatic carbocycles. The van der Waals surface area contributed by atoms with Crippen LogP contribution in [-0.4, -0.2) is 59.2 Å². The highest BCUT2D eigenvalue weighted by molar-refractivity contribution is 8.14. The SMILES string of the molecule is CC(=O)NC1=NC(C)C(c2csc(C(=O)N3CCOCC3)n2)S1. The van der Waals surface area contributed by atoms with E-state index in [1.165, 1.54) is 30.0 Å². The zero-order valence-electron chi connectivity index (χ0n) is 12.9. The zero-order chi connectivity index (χ0) is 16.4. The van der Waals surface area contributed by atoms with Crippen LogP contribution in [-0.2, 0) is 9.53 Å². The van der Waals surface area contributed by atoms with Crippen LogP contribution in [0.15, 0.2) is 10.4 Å². The Balaban J connectivity index is 1.67.